The Bertz CT molecular complexity index is 1330. The number of benzene rings is 2. The molecule has 12 heteroatoms. The molecular formula is C20H14F3N3O5S. The standard InChI is InChI=1S/C18H13N3O3S.C2HF3O2/c22-25(23,15-4-2-1-3-5-15)21-14-10-13-6-9-24-18(13)16(11-14)17-12-19-7-8-20-17;3-2(4,5)1(6)7/h1-12,21H;(H,6,7). The van der Waals surface area contributed by atoms with Crippen LogP contribution in [-0.2, 0) is 14.8 Å². The molecule has 32 heavy (non-hydrogen) atoms. The third-order valence-corrected chi connectivity index (χ3v) is 5.34. The molecule has 2 aromatic heterocycles. The Morgan fingerprint density at radius 1 is 1.06 bits per heavy atom. The van der Waals surface area contributed by atoms with Gasteiger partial charge in [-0.2, -0.15) is 13.2 Å². The van der Waals surface area contributed by atoms with Crippen molar-refractivity contribution in [1.82, 2.24) is 9.97 Å². The molecule has 0 bridgehead atoms. The highest BCUT2D eigenvalue weighted by Gasteiger charge is 2.38. The first-order valence-electron chi connectivity index (χ1n) is 8.73. The summed E-state index contributed by atoms with van der Waals surface area (Å²) >= 11 is 0. The van der Waals surface area contributed by atoms with Crippen LogP contribution in [0.15, 0.2) is 82.7 Å². The number of aliphatic carboxylic acids is 1. The van der Waals surface area contributed by atoms with Gasteiger partial charge in [0.2, 0.25) is 0 Å². The van der Waals surface area contributed by atoms with Crippen LogP contribution in [0.2, 0.25) is 0 Å². The van der Waals surface area contributed by atoms with Gasteiger partial charge in [0.1, 0.15) is 5.58 Å². The second kappa shape index (κ2) is 9.06. The molecule has 4 aromatic rings. The monoisotopic (exact) mass is 465 g/mol. The van der Waals surface area contributed by atoms with E-state index >= 15 is 0 Å². The van der Waals surface area contributed by atoms with Crippen LogP contribution in [0.3, 0.4) is 0 Å². The minimum atomic E-state index is -5.08. The molecule has 0 saturated heterocycles. The first kappa shape index (κ1) is 22.7. The number of carboxylic acids is 1. The van der Waals surface area contributed by atoms with E-state index < -0.39 is 22.2 Å². The molecule has 0 aliphatic heterocycles. The van der Waals surface area contributed by atoms with Crippen molar-refractivity contribution in [1.29, 1.82) is 0 Å². The van der Waals surface area contributed by atoms with E-state index in [9.17, 15) is 21.6 Å². The van der Waals surface area contributed by atoms with Crippen LogP contribution in [0.1, 0.15) is 0 Å². The van der Waals surface area contributed by atoms with Crippen molar-refractivity contribution in [3.05, 3.63) is 73.4 Å². The number of hydrogen-bond donors (Lipinski definition) is 2. The molecule has 166 valence electrons. The number of fused-ring (bicyclic) bond motifs is 1. The fourth-order valence-corrected chi connectivity index (χ4v) is 3.64. The number of sulfonamides is 1. The van der Waals surface area contributed by atoms with Crippen molar-refractivity contribution in [2.24, 2.45) is 0 Å². The molecule has 0 amide bonds. The number of anilines is 1. The van der Waals surface area contributed by atoms with Crippen molar-refractivity contribution in [3.8, 4) is 11.3 Å². The molecule has 2 aromatic carbocycles. The predicted octanol–water partition coefficient (Wildman–Crippen LogP) is 4.32. The molecule has 0 unspecified atom stereocenters. The third kappa shape index (κ3) is 5.40. The van der Waals surface area contributed by atoms with Crippen LogP contribution >= 0.6 is 0 Å². The van der Waals surface area contributed by atoms with Gasteiger partial charge in [-0.1, -0.05) is 18.2 Å². The van der Waals surface area contributed by atoms with Crippen molar-refractivity contribution >= 4 is 32.6 Å². The lowest BCUT2D eigenvalue weighted by Crippen LogP contribution is -2.21. The number of alkyl halides is 3. The maximum atomic E-state index is 12.6. The van der Waals surface area contributed by atoms with E-state index in [-0.39, 0.29) is 4.90 Å². The van der Waals surface area contributed by atoms with Gasteiger partial charge in [0.15, 0.2) is 0 Å². The number of aromatic nitrogens is 2. The lowest BCUT2D eigenvalue weighted by atomic mass is 10.1. The first-order chi connectivity index (χ1) is 15.1. The largest absolute Gasteiger partial charge is 0.490 e. The molecule has 2 heterocycles. The molecule has 0 fully saturated rings. The molecule has 2 N–H and O–H groups in total. The summed E-state index contributed by atoms with van der Waals surface area (Å²) in [4.78, 5) is 17.4. The number of nitrogens with one attached hydrogen (secondary N) is 1. The average Bonchev–Trinajstić information content (AvgIpc) is 3.22. The van der Waals surface area contributed by atoms with Crippen LogP contribution < -0.4 is 4.72 Å². The van der Waals surface area contributed by atoms with Gasteiger partial charge in [0.05, 0.1) is 28.7 Å². The SMILES string of the molecule is O=C(O)C(F)(F)F.O=S(=O)(Nc1cc(-c2cnccn2)c2occc2c1)c1ccccc1. The van der Waals surface area contributed by atoms with Gasteiger partial charge in [0, 0.05) is 23.3 Å². The summed E-state index contributed by atoms with van der Waals surface area (Å²) in [5.41, 5.74) is 2.33. The Kier molecular flexibility index (Phi) is 6.44. The number of carbonyl (C=O) groups is 1. The molecule has 0 spiro atoms. The van der Waals surface area contributed by atoms with Crippen LogP contribution in [0, 0.1) is 0 Å². The molecule has 0 saturated carbocycles. The Labute approximate surface area is 179 Å². The lowest BCUT2D eigenvalue weighted by molar-refractivity contribution is -0.192. The second-order valence-electron chi connectivity index (χ2n) is 6.17. The van der Waals surface area contributed by atoms with Gasteiger partial charge < -0.3 is 9.52 Å². The van der Waals surface area contributed by atoms with Gasteiger partial charge in [-0.05, 0) is 30.3 Å². The smallest absolute Gasteiger partial charge is 0.475 e. The Morgan fingerprint density at radius 2 is 1.75 bits per heavy atom. The van der Waals surface area contributed by atoms with E-state index in [1.807, 2.05) is 0 Å². The first-order valence-corrected chi connectivity index (χ1v) is 10.2. The quantitative estimate of drug-likeness (QED) is 0.460. The fourth-order valence-electron chi connectivity index (χ4n) is 2.58. The maximum absolute atomic E-state index is 12.6. The topological polar surface area (TPSA) is 122 Å². The van der Waals surface area contributed by atoms with E-state index in [0.29, 0.717) is 22.5 Å². The summed E-state index contributed by atoms with van der Waals surface area (Å²) in [7, 11) is -3.68. The number of rotatable bonds is 4. The molecule has 0 aliphatic rings. The Balaban J connectivity index is 0.000000360. The van der Waals surface area contributed by atoms with E-state index in [1.165, 1.54) is 0 Å². The van der Waals surface area contributed by atoms with Crippen molar-refractivity contribution in [2.45, 2.75) is 11.1 Å². The minimum absolute atomic E-state index is 0.198. The van der Waals surface area contributed by atoms with Gasteiger partial charge in [-0.3, -0.25) is 14.7 Å². The second-order valence-corrected chi connectivity index (χ2v) is 7.86. The number of nitrogens with zero attached hydrogens (tertiary/aromatic N) is 2. The summed E-state index contributed by atoms with van der Waals surface area (Å²) < 4.78 is 65.0. The Hall–Kier alpha value is -3.93. The highest BCUT2D eigenvalue weighted by Crippen LogP contribution is 2.32. The van der Waals surface area contributed by atoms with Crippen molar-refractivity contribution in [2.75, 3.05) is 4.72 Å². The summed E-state index contributed by atoms with van der Waals surface area (Å²) in [5.74, 6) is -2.76. The molecule has 0 atom stereocenters. The zero-order chi connectivity index (χ0) is 23.4. The third-order valence-electron chi connectivity index (χ3n) is 3.94. The van der Waals surface area contributed by atoms with E-state index in [4.69, 9.17) is 14.3 Å². The number of halogens is 3. The minimum Gasteiger partial charge on any atom is -0.475 e. The predicted molar refractivity (Wildman–Crippen MR) is 108 cm³/mol. The van der Waals surface area contributed by atoms with Crippen molar-refractivity contribution in [3.63, 3.8) is 0 Å². The molecular weight excluding hydrogens is 451 g/mol. The number of hydrogen-bond acceptors (Lipinski definition) is 6. The molecule has 4 rings (SSSR count). The summed E-state index contributed by atoms with van der Waals surface area (Å²) in [6.45, 7) is 0. The van der Waals surface area contributed by atoms with E-state index in [1.54, 1.807) is 73.4 Å². The lowest BCUT2D eigenvalue weighted by Gasteiger charge is -2.10. The van der Waals surface area contributed by atoms with E-state index in [0.717, 1.165) is 5.39 Å². The van der Waals surface area contributed by atoms with Crippen LogP contribution in [0.5, 0.6) is 0 Å². The molecule has 0 radical (unpaired) electrons. The van der Waals surface area contributed by atoms with Crippen LogP contribution in [0.4, 0.5) is 18.9 Å². The average molecular weight is 465 g/mol. The highest BCUT2D eigenvalue weighted by molar-refractivity contribution is 7.92. The van der Waals surface area contributed by atoms with Gasteiger partial charge in [0.25, 0.3) is 10.0 Å². The summed E-state index contributed by atoms with van der Waals surface area (Å²) in [5, 5.41) is 7.90. The zero-order valence-corrected chi connectivity index (χ0v) is 16.8. The number of carboxylic acid groups (broad SMARTS) is 1. The zero-order valence-electron chi connectivity index (χ0n) is 15.9. The fraction of sp³-hybridized carbons (Fsp3) is 0.0500. The van der Waals surface area contributed by atoms with Gasteiger partial charge in [-0.15, -0.1) is 0 Å². The van der Waals surface area contributed by atoms with Gasteiger partial charge in [-0.25, -0.2) is 13.2 Å². The maximum Gasteiger partial charge on any atom is 0.490 e. The summed E-state index contributed by atoms with van der Waals surface area (Å²) in [6, 6.07) is 13.4. The molecule has 0 aliphatic carbocycles. The highest BCUT2D eigenvalue weighted by atomic mass is 32.2. The van der Waals surface area contributed by atoms with E-state index in [2.05, 4.69) is 14.7 Å². The van der Waals surface area contributed by atoms with Crippen molar-refractivity contribution < 1.29 is 35.9 Å². The summed E-state index contributed by atoms with van der Waals surface area (Å²) in [6.07, 6.45) is 1.22. The Morgan fingerprint density at radius 3 is 2.34 bits per heavy atom. The normalized spacial score (nSPS) is 11.5. The van der Waals surface area contributed by atoms with Gasteiger partial charge >= 0.3 is 12.1 Å². The van der Waals surface area contributed by atoms with Crippen LogP contribution in [-0.4, -0.2) is 35.6 Å². The molecule has 8 nitrogen and oxygen atoms in total. The van der Waals surface area contributed by atoms with Crippen LogP contribution in [0.25, 0.3) is 22.2 Å². The number of furan rings is 1.